The van der Waals surface area contributed by atoms with E-state index in [0.717, 1.165) is 70.6 Å². The van der Waals surface area contributed by atoms with Crippen LogP contribution in [-0.4, -0.2) is 83.2 Å². The topological polar surface area (TPSA) is 193 Å². The minimum atomic E-state index is -3.88. The fraction of sp³-hybridized carbons (Fsp3) is 0.690. The summed E-state index contributed by atoms with van der Waals surface area (Å²) in [6.07, 6.45) is 10.2. The average Bonchev–Trinajstić information content (AvgIpc) is 3.99. The molecule has 0 unspecified atom stereocenters. The third-order valence-electron chi connectivity index (χ3n) is 14.0. The van der Waals surface area contributed by atoms with Gasteiger partial charge in [-0.2, -0.15) is 0 Å². The molecule has 6 aliphatic rings. The van der Waals surface area contributed by atoms with Gasteiger partial charge >= 0.3 is 6.09 Å². The van der Waals surface area contributed by atoms with Crippen molar-refractivity contribution < 1.29 is 37.1 Å². The van der Waals surface area contributed by atoms with Crippen molar-refractivity contribution in [2.45, 2.75) is 158 Å². The molecule has 2 aliphatic heterocycles. The van der Waals surface area contributed by atoms with Crippen LogP contribution in [-0.2, 0) is 35.6 Å². The first kappa shape index (κ1) is 39.7. The van der Waals surface area contributed by atoms with Crippen LogP contribution in [0.15, 0.2) is 29.1 Å². The van der Waals surface area contributed by atoms with Crippen molar-refractivity contribution in [3.63, 3.8) is 0 Å². The predicted molar refractivity (Wildman–Crippen MR) is 212 cm³/mol. The van der Waals surface area contributed by atoms with Gasteiger partial charge in [0.25, 0.3) is 5.91 Å². The number of aromatic nitrogens is 1. The minimum Gasteiger partial charge on any atom is -0.473 e. The number of nitrogens with zero attached hydrogens (tertiary/aromatic N) is 1. The van der Waals surface area contributed by atoms with E-state index in [4.69, 9.17) is 9.47 Å². The summed E-state index contributed by atoms with van der Waals surface area (Å²) in [4.78, 5) is 75.8. The normalized spacial score (nSPS) is 32.6. The summed E-state index contributed by atoms with van der Waals surface area (Å²) in [6, 6.07) is 5.20. The Labute approximate surface area is 334 Å². The summed E-state index contributed by atoms with van der Waals surface area (Å²) in [7, 11) is -3.88. The number of aromatic amines is 1. The minimum absolute atomic E-state index is 0.0165. The molecule has 7 atom stereocenters. The Hall–Kier alpha value is -4.14. The molecule has 15 heteroatoms. The van der Waals surface area contributed by atoms with Crippen LogP contribution in [0.25, 0.3) is 10.9 Å². The molecule has 1 aromatic carbocycles. The number of carbonyl (C=O) groups excluding carboxylic acids is 4. The molecule has 0 spiro atoms. The summed E-state index contributed by atoms with van der Waals surface area (Å²) in [6.45, 7) is 3.85. The van der Waals surface area contributed by atoms with Crippen LogP contribution in [0.5, 0.6) is 5.88 Å². The van der Waals surface area contributed by atoms with Crippen molar-refractivity contribution in [3.05, 3.63) is 40.1 Å². The predicted octanol–water partition coefficient (Wildman–Crippen LogP) is 4.73. The molecule has 3 heterocycles. The summed E-state index contributed by atoms with van der Waals surface area (Å²) < 4.78 is 40.7. The van der Waals surface area contributed by atoms with E-state index in [1.807, 2.05) is 32.0 Å². The largest absolute Gasteiger partial charge is 0.473 e. The Bertz CT molecular complexity index is 2080. The maximum atomic E-state index is 14.9. The van der Waals surface area contributed by atoms with Crippen LogP contribution in [0, 0.1) is 17.8 Å². The van der Waals surface area contributed by atoms with Crippen molar-refractivity contribution >= 4 is 44.7 Å². The van der Waals surface area contributed by atoms with E-state index in [9.17, 15) is 32.4 Å². The number of carbonyl (C=O) groups is 4. The number of fused-ring (bicyclic) bond motifs is 5. The first-order chi connectivity index (χ1) is 27.3. The van der Waals surface area contributed by atoms with Crippen LogP contribution in [0.2, 0.25) is 0 Å². The zero-order valence-corrected chi connectivity index (χ0v) is 33.9. The smallest absolute Gasteiger partial charge is 0.408 e. The first-order valence-corrected chi connectivity index (χ1v) is 22.8. The number of sulfonamides is 1. The highest BCUT2D eigenvalue weighted by molar-refractivity contribution is 7.91. The van der Waals surface area contributed by atoms with Crippen LogP contribution in [0.4, 0.5) is 4.79 Å². The summed E-state index contributed by atoms with van der Waals surface area (Å²) in [5.74, 6) is -1.79. The van der Waals surface area contributed by atoms with Crippen molar-refractivity contribution in [1.82, 2.24) is 25.2 Å². The van der Waals surface area contributed by atoms with E-state index in [2.05, 4.69) is 20.3 Å². The van der Waals surface area contributed by atoms with Crippen molar-refractivity contribution in [1.29, 1.82) is 0 Å². The zero-order chi connectivity index (χ0) is 40.1. The number of nitrogens with one attached hydrogen (secondary N) is 4. The quantitative estimate of drug-likeness (QED) is 0.306. The van der Waals surface area contributed by atoms with Crippen molar-refractivity contribution in [3.8, 4) is 5.88 Å². The Morgan fingerprint density at radius 1 is 0.965 bits per heavy atom. The van der Waals surface area contributed by atoms with Gasteiger partial charge in [0.2, 0.25) is 21.8 Å². The van der Waals surface area contributed by atoms with E-state index >= 15 is 0 Å². The van der Waals surface area contributed by atoms with E-state index < -0.39 is 68.4 Å². The Morgan fingerprint density at radius 3 is 2.44 bits per heavy atom. The first-order valence-electron chi connectivity index (χ1n) is 21.3. The highest BCUT2D eigenvalue weighted by Crippen LogP contribution is 2.47. The Morgan fingerprint density at radius 2 is 1.70 bits per heavy atom. The zero-order valence-electron chi connectivity index (χ0n) is 33.1. The number of benzene rings is 1. The summed E-state index contributed by atoms with van der Waals surface area (Å²) >= 11 is 0. The molecule has 5 fully saturated rings. The molecule has 1 saturated heterocycles. The van der Waals surface area contributed by atoms with Crippen LogP contribution in [0.1, 0.15) is 122 Å². The molecule has 2 aromatic rings. The van der Waals surface area contributed by atoms with Gasteiger partial charge in [-0.1, -0.05) is 51.2 Å². The number of ether oxygens (including phenoxy) is 2. The summed E-state index contributed by atoms with van der Waals surface area (Å²) in [5.41, 5.74) is -1.12. The van der Waals surface area contributed by atoms with Gasteiger partial charge in [-0.05, 0) is 107 Å². The molecule has 0 radical (unpaired) electrons. The number of hydrogen-bond acceptors (Lipinski definition) is 9. The van der Waals surface area contributed by atoms with E-state index in [1.54, 1.807) is 6.07 Å². The number of hydrogen-bond donors (Lipinski definition) is 4. The van der Waals surface area contributed by atoms with Gasteiger partial charge in [0.15, 0.2) is 11.3 Å². The van der Waals surface area contributed by atoms with Gasteiger partial charge in [-0.3, -0.25) is 23.9 Å². The Balaban J connectivity index is 1.14. The lowest BCUT2D eigenvalue weighted by Gasteiger charge is -2.35. The van der Waals surface area contributed by atoms with E-state index in [-0.39, 0.29) is 42.6 Å². The third kappa shape index (κ3) is 7.89. The van der Waals surface area contributed by atoms with Crippen LogP contribution in [0.3, 0.4) is 0 Å². The number of pyridine rings is 1. The lowest BCUT2D eigenvalue weighted by molar-refractivity contribution is -0.142. The van der Waals surface area contributed by atoms with E-state index in [1.165, 1.54) is 4.90 Å². The molecular weight excluding hydrogens is 751 g/mol. The molecule has 310 valence electrons. The fourth-order valence-corrected chi connectivity index (χ4v) is 11.7. The van der Waals surface area contributed by atoms with Gasteiger partial charge in [-0.15, -0.1) is 0 Å². The van der Waals surface area contributed by atoms with Crippen molar-refractivity contribution in [2.24, 2.45) is 17.8 Å². The number of alkyl carbamates (subject to hydrolysis) is 1. The molecule has 14 nitrogen and oxygen atoms in total. The lowest BCUT2D eigenvalue weighted by Crippen LogP contribution is -2.59. The number of para-hydroxylation sites is 1. The molecule has 57 heavy (non-hydrogen) atoms. The average molecular weight is 808 g/mol. The van der Waals surface area contributed by atoms with Crippen LogP contribution >= 0.6 is 0 Å². The van der Waals surface area contributed by atoms with Gasteiger partial charge < -0.3 is 30.0 Å². The SMILES string of the molecule is CC[C@@H]1C[C@]1(NC(=O)[C@@H]1C[C@@H]2CN1C(=O)[C@H](C1CCCC1)NC(=O)O[C@]1(C)CCC[C@H]1CCCCCc1c([nH]c3ccccc3c1=O)O2)C(=O)NS(=O)(=O)C1CC1. The molecule has 4 saturated carbocycles. The van der Waals surface area contributed by atoms with Gasteiger partial charge in [0.05, 0.1) is 22.9 Å². The lowest BCUT2D eigenvalue weighted by atomic mass is 9.87. The standard InChI is InChI=1S/C42H57N5O9S/c1-3-26-23-42(26,39(51)46-57(53,54)29-19-20-29)45-36(49)33-22-28-24-47(33)38(50)34(25-12-7-8-13-25)44-40(52)56-41(2)21-11-15-27(41)14-5-4-6-17-31-35(48)30-16-9-10-18-32(30)43-37(31)55-28/h9-10,16,18,25-29,33-34H,3-8,11-15,17,19-24H2,1-2H3,(H,43,48)(H,44,52)(H,45,49)(H,46,51)/t26-,27-,28-,33+,34+,41-,42-/m1/s1. The molecule has 2 bridgehead atoms. The molecule has 8 rings (SSSR count). The maximum Gasteiger partial charge on any atom is 0.408 e. The summed E-state index contributed by atoms with van der Waals surface area (Å²) in [5, 5.41) is 5.82. The van der Waals surface area contributed by atoms with Gasteiger partial charge in [0.1, 0.15) is 29.3 Å². The number of rotatable bonds is 7. The third-order valence-corrected chi connectivity index (χ3v) is 15.8. The molecule has 4 aliphatic carbocycles. The van der Waals surface area contributed by atoms with Gasteiger partial charge in [-0.25, -0.2) is 13.2 Å². The maximum absolute atomic E-state index is 14.9. The number of H-pyrrole nitrogens is 1. The van der Waals surface area contributed by atoms with Gasteiger partial charge in [0, 0.05) is 11.8 Å². The molecule has 4 amide bonds. The molecule has 4 N–H and O–H groups in total. The van der Waals surface area contributed by atoms with Crippen molar-refractivity contribution in [2.75, 3.05) is 6.54 Å². The Kier molecular flexibility index (Phi) is 10.8. The van der Waals surface area contributed by atoms with Crippen LogP contribution < -0.4 is 25.5 Å². The second-order valence-electron chi connectivity index (χ2n) is 17.8. The number of amides is 4. The monoisotopic (exact) mass is 807 g/mol. The molecular formula is C42H57N5O9S. The second kappa shape index (κ2) is 15.6. The highest BCUT2D eigenvalue weighted by atomic mass is 32.2. The van der Waals surface area contributed by atoms with E-state index in [0.29, 0.717) is 48.0 Å². The highest BCUT2D eigenvalue weighted by Gasteiger charge is 2.62. The molecule has 1 aromatic heterocycles. The second-order valence-corrected chi connectivity index (χ2v) is 19.8. The fourth-order valence-electron chi connectivity index (χ4n) is 10.3.